The number of amides is 4. The molecule has 23 nitrogen and oxygen atoms in total. The second-order valence-electron chi connectivity index (χ2n) is 14.1. The Kier molecular flexibility index (Phi) is 31.8. The predicted octanol–water partition coefficient (Wildman–Crippen LogP) is -4.06. The average Bonchev–Trinajstić information content (AvgIpc) is 4.11. The molecule has 62 heavy (non-hydrogen) atoms. The van der Waals surface area contributed by atoms with Crippen molar-refractivity contribution in [3.63, 3.8) is 0 Å². The van der Waals surface area contributed by atoms with Gasteiger partial charge in [0.25, 0.3) is 10.1 Å². The van der Waals surface area contributed by atoms with Crippen molar-refractivity contribution in [1.82, 2.24) is 47.3 Å². The second kappa shape index (κ2) is 34.5. The van der Waals surface area contributed by atoms with Crippen molar-refractivity contribution < 1.29 is 62.4 Å². The molecule has 27 heteroatoms. The maximum absolute atomic E-state index is 10.6. The molecule has 0 aliphatic carbocycles. The molecule has 9 aliphatic rings. The average molecular weight is 968 g/mol. The minimum atomic E-state index is -3.05. The SMILES string of the molecule is O=C1CCCN1.O=C1CCCNCC1.O=C1CCCO1.O=C1CNCCN1.O=C1NCCN1.O=S1(=O)CCCN1.O=S1(=O)CCCO1.O=S1(=O)CCNCC1.O=S1CCNCC1. The van der Waals surface area contributed by atoms with Crippen LogP contribution in [0.15, 0.2) is 0 Å². The Morgan fingerprint density at radius 2 is 1.11 bits per heavy atom. The fraction of sp³-hybridized carbons (Fsp3) is 0.857. The first-order valence-corrected chi connectivity index (χ1v) is 27.5. The summed E-state index contributed by atoms with van der Waals surface area (Å²) in [6, 6.07) is -0.0463. The zero-order chi connectivity index (χ0) is 46.0. The maximum atomic E-state index is 10.6. The van der Waals surface area contributed by atoms with Crippen molar-refractivity contribution >= 4 is 70.4 Å². The van der Waals surface area contributed by atoms with Crippen LogP contribution in [0.4, 0.5) is 4.79 Å². The van der Waals surface area contributed by atoms with Gasteiger partial charge >= 0.3 is 12.0 Å². The molecule has 0 aromatic rings. The van der Waals surface area contributed by atoms with Gasteiger partial charge in [0.15, 0.2) is 9.84 Å². The van der Waals surface area contributed by atoms with Crippen LogP contribution in [0, 0.1) is 0 Å². The molecule has 9 rings (SSSR count). The molecule has 9 N–H and O–H groups in total. The van der Waals surface area contributed by atoms with E-state index in [0.717, 1.165) is 115 Å². The number of rotatable bonds is 0. The summed E-state index contributed by atoms with van der Waals surface area (Å²) < 4.78 is 84.0. The third kappa shape index (κ3) is 35.6. The Morgan fingerprint density at radius 1 is 0.484 bits per heavy atom. The van der Waals surface area contributed by atoms with Crippen molar-refractivity contribution in [2.45, 2.75) is 57.8 Å². The highest BCUT2D eigenvalue weighted by Gasteiger charge is 2.17. The number of esters is 1. The Hall–Kier alpha value is -2.89. The van der Waals surface area contributed by atoms with E-state index in [1.165, 1.54) is 0 Å². The molecule has 0 bridgehead atoms. The summed E-state index contributed by atoms with van der Waals surface area (Å²) in [4.78, 5) is 51.1. The van der Waals surface area contributed by atoms with Gasteiger partial charge < -0.3 is 47.3 Å². The van der Waals surface area contributed by atoms with Gasteiger partial charge in [0.1, 0.15) is 5.78 Å². The number of carbonyl (C=O) groups excluding carboxylic acids is 5. The zero-order valence-electron chi connectivity index (χ0n) is 35.6. The number of Topliss-reactive ketones (excluding diaryl/α,β-unsaturated/α-hetero) is 1. The first-order valence-electron chi connectivity index (χ1n) is 20.9. The van der Waals surface area contributed by atoms with Crippen LogP contribution in [0.1, 0.15) is 57.8 Å². The fourth-order valence-electron chi connectivity index (χ4n) is 5.22. The van der Waals surface area contributed by atoms with Crippen LogP contribution in [-0.4, -0.2) is 192 Å². The lowest BCUT2D eigenvalue weighted by Crippen LogP contribution is -2.44. The van der Waals surface area contributed by atoms with E-state index in [2.05, 4.69) is 56.2 Å². The van der Waals surface area contributed by atoms with Crippen molar-refractivity contribution in [3.8, 4) is 0 Å². The lowest BCUT2D eigenvalue weighted by atomic mass is 10.2. The summed E-state index contributed by atoms with van der Waals surface area (Å²) in [6.45, 7) is 11.3. The Morgan fingerprint density at radius 3 is 1.40 bits per heavy atom. The second-order valence-corrected chi connectivity index (χ2v) is 21.8. The molecular weight excluding hydrogens is 899 g/mol. The molecule has 0 aromatic carbocycles. The quantitative estimate of drug-likeness (QED) is 0.0824. The van der Waals surface area contributed by atoms with Crippen LogP contribution < -0.4 is 47.3 Å². The summed E-state index contributed by atoms with van der Waals surface area (Å²) in [6.07, 6.45) is 7.27. The molecule has 0 radical (unpaired) electrons. The van der Waals surface area contributed by atoms with E-state index in [1.54, 1.807) is 0 Å². The maximum Gasteiger partial charge on any atom is 0.314 e. The summed E-state index contributed by atoms with van der Waals surface area (Å²) in [5, 5.41) is 22.7. The Balaban J connectivity index is 0.000000349. The molecule has 362 valence electrons. The molecule has 9 aliphatic heterocycles. The standard InChI is InChI=1S/C6H11NO.C4H8N2O.C4H9NO2S.C4H9NOS.C4H7NO.C4H6O2.C3H6N2O.C3H7NO2S.C3H6O3S/c8-6-2-1-4-7-5-3-6;7-4-3-5-1-2-6-4;6-8(7)3-1-5-2-4-8;6-7-3-1-5-2-4-7;6-4-2-1-3-5-4;5-4-2-1-3-6-4;6-3-4-1-2-5-3;5-7(6)3-1-2-4-7;4-7(5)3-1-2-6-7/h7H,1-5H2;5H,1-3H2,(H,6,7);5H,1-4H2;5H,1-4H2;1-3H2,(H,5,6);1-3H2;1-2H2,(H2,4,5,6);4H,1-3H2;1-3H2. The first kappa shape index (κ1) is 57.1. The van der Waals surface area contributed by atoms with E-state index in [0.29, 0.717) is 75.3 Å². The van der Waals surface area contributed by atoms with Gasteiger partial charge in [-0.25, -0.2) is 26.4 Å². The largest absolute Gasteiger partial charge is 0.466 e. The van der Waals surface area contributed by atoms with E-state index >= 15 is 0 Å². The van der Waals surface area contributed by atoms with Gasteiger partial charge in [-0.3, -0.25) is 27.6 Å². The Labute approximate surface area is 369 Å². The number of ketones is 1. The molecule has 0 spiro atoms. The number of cyclic esters (lactones) is 1. The number of sulfone groups is 1. The number of ether oxygens (including phenoxy) is 1. The van der Waals surface area contributed by atoms with Gasteiger partial charge in [0, 0.05) is 120 Å². The number of carbonyl (C=O) groups is 5. The minimum Gasteiger partial charge on any atom is -0.466 e. The monoisotopic (exact) mass is 967 g/mol. The van der Waals surface area contributed by atoms with Crippen molar-refractivity contribution in [2.75, 3.05) is 133 Å². The van der Waals surface area contributed by atoms with Crippen LogP contribution >= 0.6 is 0 Å². The molecule has 0 unspecified atom stereocenters. The van der Waals surface area contributed by atoms with E-state index in [4.69, 9.17) is 0 Å². The van der Waals surface area contributed by atoms with Crippen LogP contribution in [0.3, 0.4) is 0 Å². The van der Waals surface area contributed by atoms with E-state index in [1.807, 2.05) is 0 Å². The number of urea groups is 1. The number of nitrogens with one attached hydrogen (secondary N) is 9. The molecule has 9 heterocycles. The van der Waals surface area contributed by atoms with Gasteiger partial charge in [-0.05, 0) is 38.6 Å². The third-order valence-corrected chi connectivity index (χ3v) is 14.3. The van der Waals surface area contributed by atoms with E-state index < -0.39 is 40.8 Å². The zero-order valence-corrected chi connectivity index (χ0v) is 38.8. The van der Waals surface area contributed by atoms with Gasteiger partial charge in [-0.1, -0.05) is 0 Å². The molecule has 9 fully saturated rings. The van der Waals surface area contributed by atoms with Crippen molar-refractivity contribution in [1.29, 1.82) is 0 Å². The highest BCUT2D eigenvalue weighted by molar-refractivity contribution is 7.91. The van der Waals surface area contributed by atoms with Gasteiger partial charge in [-0.2, -0.15) is 8.42 Å². The highest BCUT2D eigenvalue weighted by atomic mass is 32.2. The minimum absolute atomic E-state index is 0.0463. The van der Waals surface area contributed by atoms with E-state index in [-0.39, 0.29) is 29.6 Å². The smallest absolute Gasteiger partial charge is 0.314 e. The van der Waals surface area contributed by atoms with Crippen LogP contribution in [0.25, 0.3) is 0 Å². The summed E-state index contributed by atoms with van der Waals surface area (Å²) in [5.41, 5.74) is 0. The summed E-state index contributed by atoms with van der Waals surface area (Å²) in [7, 11) is -8.99. The molecule has 0 saturated carbocycles. The number of piperazine rings is 1. The first-order chi connectivity index (χ1) is 29.5. The lowest BCUT2D eigenvalue weighted by Gasteiger charge is -2.11. The van der Waals surface area contributed by atoms with Gasteiger partial charge in [0.2, 0.25) is 21.8 Å². The highest BCUT2D eigenvalue weighted by Crippen LogP contribution is 2.05. The summed E-state index contributed by atoms with van der Waals surface area (Å²) >= 11 is 0. The van der Waals surface area contributed by atoms with Gasteiger partial charge in [-0.15, -0.1) is 0 Å². The fourth-order valence-corrected chi connectivity index (χ4v) is 9.37. The topological polar surface area (TPSA) is 332 Å². The predicted molar refractivity (Wildman–Crippen MR) is 234 cm³/mol. The number of hydrogen-bond donors (Lipinski definition) is 9. The van der Waals surface area contributed by atoms with Crippen LogP contribution in [-0.2, 0) is 68.9 Å². The van der Waals surface area contributed by atoms with Crippen molar-refractivity contribution in [3.05, 3.63) is 0 Å². The van der Waals surface area contributed by atoms with Crippen LogP contribution in [0.5, 0.6) is 0 Å². The molecule has 4 amide bonds. The summed E-state index contributed by atoms with van der Waals surface area (Å²) in [5.74, 6) is 3.51. The number of sulfonamides is 1. The van der Waals surface area contributed by atoms with E-state index in [9.17, 15) is 53.4 Å². The molecule has 9 saturated heterocycles. The van der Waals surface area contributed by atoms with Gasteiger partial charge in [0.05, 0.1) is 42.8 Å². The molecule has 0 atom stereocenters. The van der Waals surface area contributed by atoms with Crippen molar-refractivity contribution in [2.24, 2.45) is 0 Å². The molecule has 0 aromatic heterocycles. The molecular formula is C35H69N9O14S4. The van der Waals surface area contributed by atoms with Crippen LogP contribution in [0.2, 0.25) is 0 Å². The number of hydrogen-bond acceptors (Lipinski definition) is 18. The Bertz CT molecular complexity index is 1500. The third-order valence-electron chi connectivity index (χ3n) is 8.59. The lowest BCUT2D eigenvalue weighted by molar-refractivity contribution is -0.138. The normalized spacial score (nSPS) is 24.0.